The molecule has 0 atom stereocenters. The van der Waals surface area contributed by atoms with Crippen molar-refractivity contribution in [2.24, 2.45) is 0 Å². The van der Waals surface area contributed by atoms with Crippen molar-refractivity contribution in [3.05, 3.63) is 0 Å². The number of carbonyl (C=O) groups is 2. The number of nitrogens with one attached hydrogen (secondary N) is 2. The van der Waals surface area contributed by atoms with E-state index in [9.17, 15) is 18.4 Å². The van der Waals surface area contributed by atoms with E-state index in [1.807, 2.05) is 5.32 Å². The van der Waals surface area contributed by atoms with Crippen molar-refractivity contribution in [1.82, 2.24) is 10.6 Å². The van der Waals surface area contributed by atoms with Crippen LogP contribution in [-0.4, -0.2) is 36.6 Å². The Morgan fingerprint density at radius 1 is 1.33 bits per heavy atom. The van der Waals surface area contributed by atoms with Crippen LogP contribution in [0, 0.1) is 0 Å². The number of amides is 2. The molecule has 12 heavy (non-hydrogen) atoms. The summed E-state index contributed by atoms with van der Waals surface area (Å²) in [5, 5.41) is 11.6. The van der Waals surface area contributed by atoms with Crippen LogP contribution in [0.2, 0.25) is 0 Å². The van der Waals surface area contributed by atoms with Crippen LogP contribution in [0.15, 0.2) is 0 Å². The lowest BCUT2D eigenvalue weighted by Gasteiger charge is -2.03. The topological polar surface area (TPSA) is 78.4 Å². The number of halogens is 2. The van der Waals surface area contributed by atoms with E-state index in [-0.39, 0.29) is 0 Å². The van der Waals surface area contributed by atoms with Crippen LogP contribution in [0.25, 0.3) is 0 Å². The first-order valence-electron chi connectivity index (χ1n) is 3.04. The highest BCUT2D eigenvalue weighted by atomic mass is 19.3. The Bertz CT molecular complexity index is 174. The molecular formula is C5H8F2N2O3. The molecular weight excluding hydrogens is 174 g/mol. The Morgan fingerprint density at radius 3 is 2.33 bits per heavy atom. The van der Waals surface area contributed by atoms with Crippen LogP contribution in [0.5, 0.6) is 0 Å². The lowest BCUT2D eigenvalue weighted by Crippen LogP contribution is -2.38. The van der Waals surface area contributed by atoms with Gasteiger partial charge in [-0.25, -0.2) is 13.6 Å². The molecule has 0 aliphatic heterocycles. The van der Waals surface area contributed by atoms with Crippen molar-refractivity contribution in [3.8, 4) is 0 Å². The van der Waals surface area contributed by atoms with Crippen molar-refractivity contribution in [1.29, 1.82) is 0 Å². The van der Waals surface area contributed by atoms with Gasteiger partial charge in [-0.1, -0.05) is 0 Å². The summed E-state index contributed by atoms with van der Waals surface area (Å²) in [6.45, 7) is -1.28. The largest absolute Gasteiger partial charge is 0.465 e. The molecule has 0 fully saturated rings. The van der Waals surface area contributed by atoms with Crippen LogP contribution in [0.1, 0.15) is 0 Å². The molecule has 0 aliphatic rings. The van der Waals surface area contributed by atoms with Crippen molar-refractivity contribution in [3.63, 3.8) is 0 Å². The molecule has 7 heteroatoms. The van der Waals surface area contributed by atoms with E-state index < -0.39 is 31.5 Å². The fourth-order valence-electron chi connectivity index (χ4n) is 0.409. The predicted octanol–water partition coefficient (Wildman–Crippen LogP) is -0.365. The van der Waals surface area contributed by atoms with Crippen molar-refractivity contribution < 1.29 is 23.5 Å². The fourth-order valence-corrected chi connectivity index (χ4v) is 0.409. The smallest absolute Gasteiger partial charge is 0.405 e. The predicted molar refractivity (Wildman–Crippen MR) is 35.0 cm³/mol. The van der Waals surface area contributed by atoms with Gasteiger partial charge in [0.2, 0.25) is 5.91 Å². The molecule has 0 heterocycles. The Hall–Kier alpha value is -1.40. The van der Waals surface area contributed by atoms with Gasteiger partial charge in [-0.15, -0.1) is 0 Å². The summed E-state index contributed by atoms with van der Waals surface area (Å²) in [7, 11) is 0. The Balaban J connectivity index is 3.40. The van der Waals surface area contributed by atoms with Crippen LogP contribution < -0.4 is 10.6 Å². The van der Waals surface area contributed by atoms with E-state index in [0.717, 1.165) is 0 Å². The third kappa shape index (κ3) is 6.72. The average molecular weight is 182 g/mol. The molecule has 0 rings (SSSR count). The number of alkyl halides is 2. The maximum atomic E-state index is 11.4. The van der Waals surface area contributed by atoms with E-state index >= 15 is 0 Å². The third-order valence-electron chi connectivity index (χ3n) is 0.854. The minimum absolute atomic E-state index is 0.512. The maximum absolute atomic E-state index is 11.4. The summed E-state index contributed by atoms with van der Waals surface area (Å²) >= 11 is 0. The highest BCUT2D eigenvalue weighted by Gasteiger charge is 2.06. The first kappa shape index (κ1) is 10.6. The maximum Gasteiger partial charge on any atom is 0.405 e. The first-order valence-corrected chi connectivity index (χ1v) is 3.04. The molecule has 0 saturated carbocycles. The van der Waals surface area contributed by atoms with Crippen molar-refractivity contribution in [2.75, 3.05) is 13.1 Å². The molecule has 2 amide bonds. The van der Waals surface area contributed by atoms with Gasteiger partial charge in [-0.3, -0.25) is 4.79 Å². The monoisotopic (exact) mass is 182 g/mol. The highest BCUT2D eigenvalue weighted by Crippen LogP contribution is 1.86. The van der Waals surface area contributed by atoms with Gasteiger partial charge in [0.1, 0.15) is 0 Å². The van der Waals surface area contributed by atoms with E-state index in [0.29, 0.717) is 0 Å². The summed E-state index contributed by atoms with van der Waals surface area (Å²) < 4.78 is 22.9. The van der Waals surface area contributed by atoms with Gasteiger partial charge in [0, 0.05) is 0 Å². The molecule has 0 radical (unpaired) electrons. The van der Waals surface area contributed by atoms with Gasteiger partial charge >= 0.3 is 6.09 Å². The molecule has 0 aromatic carbocycles. The van der Waals surface area contributed by atoms with Crippen molar-refractivity contribution >= 4 is 12.0 Å². The molecule has 0 spiro atoms. The molecule has 3 N–H and O–H groups in total. The van der Waals surface area contributed by atoms with Crippen LogP contribution in [-0.2, 0) is 4.79 Å². The number of rotatable bonds is 4. The molecule has 0 aromatic heterocycles. The zero-order valence-corrected chi connectivity index (χ0v) is 6.01. The van der Waals surface area contributed by atoms with Crippen LogP contribution in [0.3, 0.4) is 0 Å². The van der Waals surface area contributed by atoms with E-state index in [1.54, 1.807) is 5.32 Å². The van der Waals surface area contributed by atoms with E-state index in [4.69, 9.17) is 5.11 Å². The van der Waals surface area contributed by atoms with Crippen LogP contribution in [0.4, 0.5) is 13.6 Å². The second kappa shape index (κ2) is 5.28. The highest BCUT2D eigenvalue weighted by molar-refractivity contribution is 5.81. The second-order valence-electron chi connectivity index (χ2n) is 1.85. The lowest BCUT2D eigenvalue weighted by atomic mass is 10.5. The van der Waals surface area contributed by atoms with Crippen molar-refractivity contribution in [2.45, 2.75) is 6.43 Å². The van der Waals surface area contributed by atoms with E-state index in [2.05, 4.69) is 0 Å². The summed E-state index contributed by atoms with van der Waals surface area (Å²) in [6, 6.07) is 0. The second-order valence-corrected chi connectivity index (χ2v) is 1.85. The van der Waals surface area contributed by atoms with Gasteiger partial charge in [0.15, 0.2) is 0 Å². The van der Waals surface area contributed by atoms with Gasteiger partial charge in [0.25, 0.3) is 6.43 Å². The standard InChI is InChI=1S/C5H8F2N2O3/c6-3(7)1-8-4(10)2-9-5(11)12/h3,9H,1-2H2,(H,8,10)(H,11,12). The number of hydrogen-bond acceptors (Lipinski definition) is 2. The molecule has 0 aromatic rings. The normalized spacial score (nSPS) is 9.58. The van der Waals surface area contributed by atoms with E-state index in [1.165, 1.54) is 0 Å². The number of carbonyl (C=O) groups excluding carboxylic acids is 1. The zero-order valence-electron chi connectivity index (χ0n) is 6.01. The molecule has 0 bridgehead atoms. The van der Waals surface area contributed by atoms with Gasteiger partial charge < -0.3 is 15.7 Å². The van der Waals surface area contributed by atoms with Gasteiger partial charge in [-0.05, 0) is 0 Å². The fraction of sp³-hybridized carbons (Fsp3) is 0.600. The average Bonchev–Trinajstić information content (AvgIpc) is 1.96. The summed E-state index contributed by atoms with van der Waals surface area (Å²) in [5.41, 5.74) is 0. The molecule has 0 aliphatic carbocycles. The SMILES string of the molecule is O=C(O)NCC(=O)NCC(F)F. The quantitative estimate of drug-likeness (QED) is 0.555. The minimum Gasteiger partial charge on any atom is -0.465 e. The van der Waals surface area contributed by atoms with Crippen LogP contribution >= 0.6 is 0 Å². The Kier molecular flexibility index (Phi) is 4.66. The minimum atomic E-state index is -2.63. The first-order chi connectivity index (χ1) is 5.52. The molecule has 0 unspecified atom stereocenters. The van der Waals surface area contributed by atoms with Gasteiger partial charge in [-0.2, -0.15) is 0 Å². The third-order valence-corrected chi connectivity index (χ3v) is 0.854. The zero-order chi connectivity index (χ0) is 9.56. The molecule has 0 saturated heterocycles. The molecule has 5 nitrogen and oxygen atoms in total. The van der Waals surface area contributed by atoms with Gasteiger partial charge in [0.05, 0.1) is 13.1 Å². The summed E-state index contributed by atoms with van der Waals surface area (Å²) in [4.78, 5) is 20.3. The lowest BCUT2D eigenvalue weighted by molar-refractivity contribution is -0.120. The Labute approximate surface area is 66.7 Å². The summed E-state index contributed by atoms with van der Waals surface area (Å²) in [6.07, 6.45) is -4.00. The number of hydrogen-bond donors (Lipinski definition) is 3. The Morgan fingerprint density at radius 2 is 1.92 bits per heavy atom. The molecule has 70 valence electrons. The summed E-state index contributed by atoms with van der Waals surface area (Å²) in [5.74, 6) is -0.780. The number of carboxylic acid groups (broad SMARTS) is 1.